The minimum atomic E-state index is -0.773. The summed E-state index contributed by atoms with van der Waals surface area (Å²) in [7, 11) is 0. The molecule has 30 heavy (non-hydrogen) atoms. The number of nitrogens with two attached hydrogens (primary N) is 1. The lowest BCUT2D eigenvalue weighted by molar-refractivity contribution is -0.121. The predicted molar refractivity (Wildman–Crippen MR) is 111 cm³/mol. The number of hydrogen-bond acceptors (Lipinski definition) is 4. The van der Waals surface area contributed by atoms with E-state index >= 15 is 0 Å². The maximum atomic E-state index is 12.6. The summed E-state index contributed by atoms with van der Waals surface area (Å²) < 4.78 is 1.78. The van der Waals surface area contributed by atoms with Crippen LogP contribution in [0.5, 0.6) is 0 Å². The lowest BCUT2D eigenvalue weighted by Gasteiger charge is -2.26. The number of nitrogens with zero attached hydrogens (tertiary/aromatic N) is 2. The Morgan fingerprint density at radius 3 is 2.83 bits per heavy atom. The first-order chi connectivity index (χ1) is 14.5. The molecule has 4 N–H and O–H groups in total. The molecule has 2 heterocycles. The number of para-hydroxylation sites is 1. The monoisotopic (exact) mass is 405 g/mol. The van der Waals surface area contributed by atoms with Crippen molar-refractivity contribution >= 4 is 11.8 Å². The second-order valence-electron chi connectivity index (χ2n) is 7.45. The van der Waals surface area contributed by atoms with Crippen LogP contribution in [0.3, 0.4) is 0 Å². The van der Waals surface area contributed by atoms with Gasteiger partial charge in [-0.3, -0.25) is 14.4 Å². The summed E-state index contributed by atoms with van der Waals surface area (Å²) in [5.74, 6) is -0.864. The van der Waals surface area contributed by atoms with Gasteiger partial charge < -0.3 is 16.0 Å². The highest BCUT2D eigenvalue weighted by Gasteiger charge is 2.24. The summed E-state index contributed by atoms with van der Waals surface area (Å²) in [5.41, 5.74) is 8.19. The number of pyridine rings is 1. The molecule has 3 aromatic rings. The topological polar surface area (TPSA) is 123 Å². The van der Waals surface area contributed by atoms with Gasteiger partial charge in [0, 0.05) is 18.3 Å². The second kappa shape index (κ2) is 8.36. The Morgan fingerprint density at radius 1 is 1.27 bits per heavy atom. The summed E-state index contributed by atoms with van der Waals surface area (Å²) in [6, 6.07) is 11.0. The minimum absolute atomic E-state index is 0.0803. The van der Waals surface area contributed by atoms with Crippen molar-refractivity contribution in [3.63, 3.8) is 0 Å². The van der Waals surface area contributed by atoms with Crippen LogP contribution in [0.15, 0.2) is 53.6 Å². The molecule has 0 bridgehead atoms. The molecule has 0 saturated heterocycles. The highest BCUT2D eigenvalue weighted by atomic mass is 16.2. The van der Waals surface area contributed by atoms with Crippen LogP contribution >= 0.6 is 0 Å². The number of carbonyl (C=O) groups excluding carboxylic acids is 2. The Labute approximate surface area is 173 Å². The van der Waals surface area contributed by atoms with Gasteiger partial charge in [-0.1, -0.05) is 18.2 Å². The molecule has 8 heteroatoms. The van der Waals surface area contributed by atoms with E-state index in [2.05, 4.69) is 15.4 Å². The van der Waals surface area contributed by atoms with E-state index in [0.29, 0.717) is 19.3 Å². The van der Waals surface area contributed by atoms with Gasteiger partial charge in [-0.05, 0) is 55.0 Å². The molecule has 1 unspecified atom stereocenters. The fourth-order valence-electron chi connectivity index (χ4n) is 3.81. The number of rotatable bonds is 6. The SMILES string of the molecule is NC(=O)c1cc2c([nH]c1=O)CCCC2NC(=O)CCc1cnn(-c2ccccc2)c1. The number of aromatic nitrogens is 3. The van der Waals surface area contributed by atoms with Crippen LogP contribution in [0, 0.1) is 0 Å². The van der Waals surface area contributed by atoms with Crippen molar-refractivity contribution in [1.82, 2.24) is 20.1 Å². The summed E-state index contributed by atoms with van der Waals surface area (Å²) in [4.78, 5) is 38.8. The van der Waals surface area contributed by atoms with E-state index < -0.39 is 11.5 Å². The molecule has 1 aliphatic carbocycles. The van der Waals surface area contributed by atoms with Gasteiger partial charge in [-0.15, -0.1) is 0 Å². The van der Waals surface area contributed by atoms with E-state index in [1.807, 2.05) is 36.5 Å². The maximum absolute atomic E-state index is 12.6. The largest absolute Gasteiger partial charge is 0.365 e. The zero-order valence-corrected chi connectivity index (χ0v) is 16.4. The second-order valence-corrected chi connectivity index (χ2v) is 7.45. The third kappa shape index (κ3) is 4.17. The first-order valence-electron chi connectivity index (χ1n) is 9.95. The van der Waals surface area contributed by atoms with E-state index in [1.54, 1.807) is 10.9 Å². The standard InChI is InChI=1S/C22H23N5O3/c23-21(29)17-11-16-18(7-4-8-19(16)26-22(17)30)25-20(28)10-9-14-12-24-27(13-14)15-5-2-1-3-6-15/h1-3,5-6,11-13,18H,4,7-10H2,(H2,23,29)(H,25,28)(H,26,30). The number of hydrogen-bond donors (Lipinski definition) is 3. The average Bonchev–Trinajstić information content (AvgIpc) is 3.21. The first-order valence-corrected chi connectivity index (χ1v) is 9.95. The lowest BCUT2D eigenvalue weighted by atomic mass is 9.90. The van der Waals surface area contributed by atoms with Crippen LogP contribution in [0.1, 0.15) is 52.5 Å². The highest BCUT2D eigenvalue weighted by Crippen LogP contribution is 2.28. The zero-order chi connectivity index (χ0) is 21.1. The molecule has 1 aliphatic rings. The van der Waals surface area contributed by atoms with Crippen molar-refractivity contribution in [3.05, 3.63) is 81.5 Å². The maximum Gasteiger partial charge on any atom is 0.261 e. The van der Waals surface area contributed by atoms with Crippen LogP contribution in [-0.2, 0) is 17.6 Å². The Bertz CT molecular complexity index is 1130. The number of aryl methyl sites for hydroxylation is 2. The number of benzene rings is 1. The van der Waals surface area contributed by atoms with Crippen molar-refractivity contribution in [3.8, 4) is 5.69 Å². The van der Waals surface area contributed by atoms with E-state index in [0.717, 1.165) is 35.3 Å². The van der Waals surface area contributed by atoms with Crippen LogP contribution in [0.4, 0.5) is 0 Å². The van der Waals surface area contributed by atoms with Crippen molar-refractivity contribution in [2.24, 2.45) is 5.73 Å². The molecule has 0 spiro atoms. The minimum Gasteiger partial charge on any atom is -0.365 e. The van der Waals surface area contributed by atoms with Crippen molar-refractivity contribution in [2.45, 2.75) is 38.1 Å². The first kappa shape index (κ1) is 19.6. The number of fused-ring (bicyclic) bond motifs is 1. The summed E-state index contributed by atoms with van der Waals surface area (Å²) >= 11 is 0. The lowest BCUT2D eigenvalue weighted by Crippen LogP contribution is -2.34. The fourth-order valence-corrected chi connectivity index (χ4v) is 3.81. The van der Waals surface area contributed by atoms with E-state index in [1.165, 1.54) is 6.07 Å². The normalized spacial score (nSPS) is 15.4. The van der Waals surface area contributed by atoms with Crippen molar-refractivity contribution < 1.29 is 9.59 Å². The molecular formula is C22H23N5O3. The number of aromatic amines is 1. The molecule has 1 aromatic carbocycles. The van der Waals surface area contributed by atoms with Crippen LogP contribution in [0.25, 0.3) is 5.69 Å². The van der Waals surface area contributed by atoms with Gasteiger partial charge in [-0.2, -0.15) is 5.10 Å². The third-order valence-corrected chi connectivity index (χ3v) is 5.35. The van der Waals surface area contributed by atoms with Gasteiger partial charge in [0.25, 0.3) is 11.5 Å². The van der Waals surface area contributed by atoms with Gasteiger partial charge in [0.2, 0.25) is 5.91 Å². The van der Waals surface area contributed by atoms with Crippen molar-refractivity contribution in [2.75, 3.05) is 0 Å². The number of amides is 2. The number of primary amides is 1. The molecule has 0 saturated carbocycles. The zero-order valence-electron chi connectivity index (χ0n) is 16.4. The molecule has 4 rings (SSSR count). The van der Waals surface area contributed by atoms with Gasteiger partial charge in [0.15, 0.2) is 0 Å². The number of H-pyrrole nitrogens is 1. The van der Waals surface area contributed by atoms with Gasteiger partial charge in [0.05, 0.1) is 17.9 Å². The number of nitrogens with one attached hydrogen (secondary N) is 2. The highest BCUT2D eigenvalue weighted by molar-refractivity contribution is 5.92. The molecule has 0 fully saturated rings. The number of carbonyl (C=O) groups is 2. The molecule has 0 radical (unpaired) electrons. The van der Waals surface area contributed by atoms with E-state index in [4.69, 9.17) is 5.73 Å². The van der Waals surface area contributed by atoms with Crippen LogP contribution < -0.4 is 16.6 Å². The third-order valence-electron chi connectivity index (χ3n) is 5.35. The molecule has 2 amide bonds. The Balaban J connectivity index is 1.41. The predicted octanol–water partition coefficient (Wildman–Crippen LogP) is 1.79. The van der Waals surface area contributed by atoms with Gasteiger partial charge in [-0.25, -0.2) is 4.68 Å². The van der Waals surface area contributed by atoms with Gasteiger partial charge >= 0.3 is 0 Å². The molecule has 8 nitrogen and oxygen atoms in total. The molecule has 154 valence electrons. The summed E-state index contributed by atoms with van der Waals surface area (Å²) in [6.45, 7) is 0. The van der Waals surface area contributed by atoms with Gasteiger partial charge in [0.1, 0.15) is 5.56 Å². The quantitative estimate of drug-likeness (QED) is 0.578. The Morgan fingerprint density at radius 2 is 2.07 bits per heavy atom. The summed E-state index contributed by atoms with van der Waals surface area (Å²) in [6.07, 6.45) is 6.86. The molecular weight excluding hydrogens is 382 g/mol. The average molecular weight is 405 g/mol. The Hall–Kier alpha value is -3.68. The molecule has 0 aliphatic heterocycles. The molecule has 1 atom stereocenters. The fraction of sp³-hybridized carbons (Fsp3) is 0.273. The van der Waals surface area contributed by atoms with Crippen molar-refractivity contribution in [1.29, 1.82) is 0 Å². The van der Waals surface area contributed by atoms with E-state index in [9.17, 15) is 14.4 Å². The van der Waals surface area contributed by atoms with Crippen LogP contribution in [-0.4, -0.2) is 26.6 Å². The smallest absolute Gasteiger partial charge is 0.261 e. The molecule has 2 aromatic heterocycles. The van der Waals surface area contributed by atoms with Crippen LogP contribution in [0.2, 0.25) is 0 Å². The summed E-state index contributed by atoms with van der Waals surface area (Å²) in [5, 5.41) is 7.38. The Kier molecular flexibility index (Phi) is 5.47. The van der Waals surface area contributed by atoms with E-state index in [-0.39, 0.29) is 17.5 Å².